The van der Waals surface area contributed by atoms with Gasteiger partial charge in [-0.3, -0.25) is 9.59 Å². The molecule has 3 aliphatic rings. The maximum Gasteiger partial charge on any atom is 0.223 e. The quantitative estimate of drug-likeness (QED) is 0.576. The second-order valence-electron chi connectivity index (χ2n) is 9.63. The van der Waals surface area contributed by atoms with Crippen molar-refractivity contribution in [3.63, 3.8) is 0 Å². The van der Waals surface area contributed by atoms with E-state index in [-0.39, 0.29) is 11.8 Å². The summed E-state index contributed by atoms with van der Waals surface area (Å²) in [6.07, 6.45) is 5.12. The summed E-state index contributed by atoms with van der Waals surface area (Å²) in [5.41, 5.74) is -0.404. The molecule has 0 aromatic heterocycles. The number of carbonyl (C=O) groups is 2. The van der Waals surface area contributed by atoms with Gasteiger partial charge in [0.1, 0.15) is 5.75 Å². The third-order valence-corrected chi connectivity index (χ3v) is 7.32. The van der Waals surface area contributed by atoms with E-state index in [1.807, 2.05) is 28.0 Å². The number of likely N-dealkylation sites (tertiary alicyclic amines) is 2. The van der Waals surface area contributed by atoms with Gasteiger partial charge in [-0.2, -0.15) is 0 Å². The average molecular weight is 478 g/mol. The maximum absolute atomic E-state index is 13.2. The van der Waals surface area contributed by atoms with Gasteiger partial charge in [0.2, 0.25) is 11.8 Å². The Hall–Kier alpha value is -1.83. The Balaban J connectivity index is 1.43. The number of morpholine rings is 1. The standard InChI is InChI=1S/C25H36ClN3O4/c26-21-5-3-6-22(17-21)33-20-25(18-24(31)28-13-15-32-16-14-28)8-4-11-29(19-25)23(30)7-12-27-9-1-2-10-27/h3,5-6,17H,1-2,4,7-16,18-20H2/t25-/m0/s1. The van der Waals surface area contributed by atoms with Gasteiger partial charge >= 0.3 is 0 Å². The van der Waals surface area contributed by atoms with Gasteiger partial charge in [0, 0.05) is 56.0 Å². The minimum absolute atomic E-state index is 0.124. The molecule has 182 valence electrons. The van der Waals surface area contributed by atoms with Crippen LogP contribution in [0.15, 0.2) is 24.3 Å². The molecule has 1 aromatic rings. The van der Waals surface area contributed by atoms with E-state index in [0.717, 1.165) is 39.0 Å². The van der Waals surface area contributed by atoms with Crippen LogP contribution in [0.25, 0.3) is 0 Å². The number of nitrogens with zero attached hydrogens (tertiary/aromatic N) is 3. The van der Waals surface area contributed by atoms with E-state index in [9.17, 15) is 9.59 Å². The van der Waals surface area contributed by atoms with Gasteiger partial charge in [0.25, 0.3) is 0 Å². The Kier molecular flexibility index (Phi) is 8.50. The minimum Gasteiger partial charge on any atom is -0.493 e. The largest absolute Gasteiger partial charge is 0.493 e. The van der Waals surface area contributed by atoms with Crippen molar-refractivity contribution in [3.05, 3.63) is 29.3 Å². The highest BCUT2D eigenvalue weighted by molar-refractivity contribution is 6.30. The molecule has 3 saturated heterocycles. The van der Waals surface area contributed by atoms with Crippen LogP contribution in [-0.4, -0.2) is 92.1 Å². The zero-order valence-corrected chi connectivity index (χ0v) is 20.2. The van der Waals surface area contributed by atoms with E-state index in [2.05, 4.69) is 4.90 Å². The second kappa shape index (κ2) is 11.5. The van der Waals surface area contributed by atoms with Gasteiger partial charge in [-0.15, -0.1) is 0 Å². The van der Waals surface area contributed by atoms with Crippen LogP contribution in [-0.2, 0) is 14.3 Å². The van der Waals surface area contributed by atoms with Crippen LogP contribution in [0.2, 0.25) is 5.02 Å². The summed E-state index contributed by atoms with van der Waals surface area (Å²) in [7, 11) is 0. The summed E-state index contributed by atoms with van der Waals surface area (Å²) in [4.78, 5) is 32.5. The van der Waals surface area contributed by atoms with Crippen molar-refractivity contribution >= 4 is 23.4 Å². The number of halogens is 1. The molecule has 0 radical (unpaired) electrons. The predicted octanol–water partition coefficient (Wildman–Crippen LogP) is 3.06. The van der Waals surface area contributed by atoms with E-state index in [4.69, 9.17) is 21.1 Å². The summed E-state index contributed by atoms with van der Waals surface area (Å²) in [6.45, 7) is 7.14. The van der Waals surface area contributed by atoms with Crippen molar-refractivity contribution in [3.8, 4) is 5.75 Å². The lowest BCUT2D eigenvalue weighted by atomic mass is 9.77. The first-order valence-electron chi connectivity index (χ1n) is 12.3. The normalized spacial score (nSPS) is 24.2. The van der Waals surface area contributed by atoms with Crippen molar-refractivity contribution in [2.45, 2.75) is 38.5 Å². The summed E-state index contributed by atoms with van der Waals surface area (Å²) in [5.74, 6) is 1.00. The summed E-state index contributed by atoms with van der Waals surface area (Å²) in [6, 6.07) is 7.35. The Bertz CT molecular complexity index is 811. The molecule has 0 unspecified atom stereocenters. The smallest absolute Gasteiger partial charge is 0.223 e. The monoisotopic (exact) mass is 477 g/mol. The highest BCUT2D eigenvalue weighted by Crippen LogP contribution is 2.36. The van der Waals surface area contributed by atoms with Crippen molar-refractivity contribution in [1.82, 2.24) is 14.7 Å². The van der Waals surface area contributed by atoms with E-state index in [1.165, 1.54) is 12.8 Å². The van der Waals surface area contributed by atoms with Gasteiger partial charge in [-0.05, 0) is 57.0 Å². The topological polar surface area (TPSA) is 62.3 Å². The van der Waals surface area contributed by atoms with Gasteiger partial charge in [-0.25, -0.2) is 0 Å². The number of amides is 2. The second-order valence-corrected chi connectivity index (χ2v) is 10.1. The molecule has 0 N–H and O–H groups in total. The summed E-state index contributed by atoms with van der Waals surface area (Å²) < 4.78 is 11.6. The highest BCUT2D eigenvalue weighted by Gasteiger charge is 2.41. The molecule has 4 rings (SSSR count). The van der Waals surface area contributed by atoms with Crippen molar-refractivity contribution in [2.75, 3.05) is 65.6 Å². The van der Waals surface area contributed by atoms with Crippen LogP contribution in [0.3, 0.4) is 0 Å². The molecule has 0 spiro atoms. The molecule has 0 saturated carbocycles. The number of hydrogen-bond donors (Lipinski definition) is 0. The molecule has 1 atom stereocenters. The molecular weight excluding hydrogens is 442 g/mol. The molecule has 1 aromatic carbocycles. The first-order valence-corrected chi connectivity index (χ1v) is 12.6. The lowest BCUT2D eigenvalue weighted by molar-refractivity contribution is -0.144. The lowest BCUT2D eigenvalue weighted by Crippen LogP contribution is -2.52. The number of rotatable bonds is 8. The highest BCUT2D eigenvalue weighted by atomic mass is 35.5. The molecule has 0 bridgehead atoms. The Morgan fingerprint density at radius 2 is 1.79 bits per heavy atom. The number of ether oxygens (including phenoxy) is 2. The summed E-state index contributed by atoms with van der Waals surface area (Å²) in [5, 5.41) is 0.619. The van der Waals surface area contributed by atoms with Gasteiger partial charge in [0.05, 0.1) is 19.8 Å². The molecule has 3 heterocycles. The third kappa shape index (κ3) is 6.84. The number of hydrogen-bond acceptors (Lipinski definition) is 5. The molecule has 0 aliphatic carbocycles. The zero-order valence-electron chi connectivity index (χ0n) is 19.5. The van der Waals surface area contributed by atoms with Gasteiger partial charge < -0.3 is 24.2 Å². The van der Waals surface area contributed by atoms with Crippen LogP contribution >= 0.6 is 11.6 Å². The van der Waals surface area contributed by atoms with E-state index >= 15 is 0 Å². The van der Waals surface area contributed by atoms with Crippen molar-refractivity contribution in [2.24, 2.45) is 5.41 Å². The number of carbonyl (C=O) groups excluding carboxylic acids is 2. The van der Waals surface area contributed by atoms with Crippen molar-refractivity contribution < 1.29 is 19.1 Å². The maximum atomic E-state index is 13.2. The van der Waals surface area contributed by atoms with Crippen LogP contribution in [0.1, 0.15) is 38.5 Å². The van der Waals surface area contributed by atoms with Crippen molar-refractivity contribution in [1.29, 1.82) is 0 Å². The third-order valence-electron chi connectivity index (χ3n) is 7.09. The molecule has 3 aliphatic heterocycles. The zero-order chi connectivity index (χ0) is 23.1. The molecule has 33 heavy (non-hydrogen) atoms. The van der Waals surface area contributed by atoms with Crippen LogP contribution in [0.5, 0.6) is 5.75 Å². The first-order chi connectivity index (χ1) is 16.0. The number of piperidine rings is 1. The van der Waals surface area contributed by atoms with Crippen LogP contribution in [0, 0.1) is 5.41 Å². The van der Waals surface area contributed by atoms with Crippen LogP contribution < -0.4 is 4.74 Å². The molecule has 8 heteroatoms. The Labute approximate surface area is 201 Å². The number of benzene rings is 1. The Morgan fingerprint density at radius 1 is 1.00 bits per heavy atom. The molecule has 3 fully saturated rings. The summed E-state index contributed by atoms with van der Waals surface area (Å²) >= 11 is 6.13. The molecular formula is C25H36ClN3O4. The van der Waals surface area contributed by atoms with Gasteiger partial charge in [-0.1, -0.05) is 17.7 Å². The average Bonchev–Trinajstić information content (AvgIpc) is 3.36. The fourth-order valence-electron chi connectivity index (χ4n) is 5.19. The van der Waals surface area contributed by atoms with E-state index < -0.39 is 5.41 Å². The van der Waals surface area contributed by atoms with Gasteiger partial charge in [0.15, 0.2) is 0 Å². The lowest BCUT2D eigenvalue weighted by Gasteiger charge is -2.43. The first kappa shape index (κ1) is 24.3. The molecule has 7 nitrogen and oxygen atoms in total. The van der Waals surface area contributed by atoms with E-state index in [0.29, 0.717) is 63.1 Å². The minimum atomic E-state index is -0.404. The Morgan fingerprint density at radius 3 is 2.55 bits per heavy atom. The fourth-order valence-corrected chi connectivity index (χ4v) is 5.37. The molecule has 2 amide bonds. The predicted molar refractivity (Wildman–Crippen MR) is 128 cm³/mol. The van der Waals surface area contributed by atoms with Crippen LogP contribution in [0.4, 0.5) is 0 Å². The SMILES string of the molecule is O=C(C[C@@]1(COc2cccc(Cl)c2)CCCN(C(=O)CCN2CCCC2)C1)N1CCOCC1. The van der Waals surface area contributed by atoms with E-state index in [1.54, 1.807) is 6.07 Å². The fraction of sp³-hybridized carbons (Fsp3) is 0.680.